The summed E-state index contributed by atoms with van der Waals surface area (Å²) in [4.78, 5) is 30.8. The molecule has 0 radical (unpaired) electrons. The second kappa shape index (κ2) is 18.6. The van der Waals surface area contributed by atoms with Gasteiger partial charge in [-0.1, -0.05) is 7.43 Å². The standard InChI is InChI=1S/CH4.Ca.2H2O3P.2H2O/c;;1-4-2-3-4;1-4(2)3;;/h1H4;;1,4H;1-2H;2*1H2/q;+2;+1;-1;;. The summed E-state index contributed by atoms with van der Waals surface area (Å²) in [6, 6.07) is 0. The van der Waals surface area contributed by atoms with Gasteiger partial charge in [-0.2, -0.15) is 4.89 Å². The van der Waals surface area contributed by atoms with Gasteiger partial charge in [-0.05, 0) is 0 Å². The Morgan fingerprint density at radius 2 is 1.25 bits per heavy atom. The van der Waals surface area contributed by atoms with Crippen LogP contribution in [0.2, 0.25) is 0 Å². The molecule has 1 fully saturated rings. The molecule has 0 aromatic rings. The van der Waals surface area contributed by atoms with Gasteiger partial charge in [0, 0.05) is 9.35 Å². The summed E-state index contributed by atoms with van der Waals surface area (Å²) in [5, 5.41) is 0. The molecule has 0 saturated carbocycles. The molecule has 0 spiro atoms. The van der Waals surface area contributed by atoms with Gasteiger partial charge in [0.2, 0.25) is 0 Å². The van der Waals surface area contributed by atoms with Gasteiger partial charge in [-0.15, -0.1) is 0 Å². The molecule has 7 N–H and O–H groups in total. The monoisotopic (exact) mass is 254 g/mol. The summed E-state index contributed by atoms with van der Waals surface area (Å²) in [6.45, 7) is 0. The van der Waals surface area contributed by atoms with Crippen LogP contribution in [0, 0.1) is 0 Å². The molecule has 1 rings (SSSR count). The van der Waals surface area contributed by atoms with Crippen LogP contribution in [-0.4, -0.2) is 63.4 Å². The molecule has 1 aliphatic rings. The molecule has 74 valence electrons. The molecule has 12 heavy (non-hydrogen) atoms. The third-order valence-corrected chi connectivity index (χ3v) is 0.474. The van der Waals surface area contributed by atoms with Gasteiger partial charge in [-0.3, -0.25) is 0 Å². The van der Waals surface area contributed by atoms with Crippen molar-refractivity contribution in [2.75, 3.05) is 0 Å². The topological polar surface area (TPSA) is 172 Å². The van der Waals surface area contributed by atoms with Crippen molar-refractivity contribution >= 4 is 54.9 Å². The molecule has 8 nitrogen and oxygen atoms in total. The van der Waals surface area contributed by atoms with E-state index < -0.39 is 17.2 Å². The Labute approximate surface area is 102 Å². The van der Waals surface area contributed by atoms with Gasteiger partial charge in [0.15, 0.2) is 0 Å². The maximum Gasteiger partial charge on any atom is 2.00 e. The Kier molecular flexibility index (Phi) is 45.2. The van der Waals surface area contributed by atoms with Crippen LogP contribution in [-0.2, 0) is 9.35 Å². The SMILES string of the molecule is C.O.O.O[PH+]1OO1.[Ca+2].[O-]P(O)O. The van der Waals surface area contributed by atoms with Crippen molar-refractivity contribution in [3.63, 3.8) is 0 Å². The van der Waals surface area contributed by atoms with Crippen LogP contribution in [0.4, 0.5) is 0 Å². The Balaban J connectivity index is -0.0000000204. The quantitative estimate of drug-likeness (QED) is 0.180. The third kappa shape index (κ3) is 59.7. The molecule has 1 aliphatic heterocycles. The Morgan fingerprint density at radius 3 is 1.25 bits per heavy atom. The van der Waals surface area contributed by atoms with Crippen molar-refractivity contribution in [2.24, 2.45) is 0 Å². The van der Waals surface area contributed by atoms with Crippen LogP contribution in [0.15, 0.2) is 0 Å². The Hall–Kier alpha value is 1.80. The minimum atomic E-state index is -2.87. The zero-order chi connectivity index (χ0) is 6.57. The first-order valence-electron chi connectivity index (χ1n) is 1.38. The van der Waals surface area contributed by atoms with Gasteiger partial charge in [0.05, 0.1) is 8.60 Å². The molecule has 0 aliphatic carbocycles. The van der Waals surface area contributed by atoms with E-state index in [1.54, 1.807) is 0 Å². The van der Waals surface area contributed by atoms with E-state index in [0.29, 0.717) is 0 Å². The van der Waals surface area contributed by atoms with E-state index in [-0.39, 0.29) is 56.1 Å². The van der Waals surface area contributed by atoms with E-state index in [1.165, 1.54) is 0 Å². The first kappa shape index (κ1) is 29.2. The molecule has 0 aromatic heterocycles. The van der Waals surface area contributed by atoms with Crippen LogP contribution in [0.1, 0.15) is 7.43 Å². The van der Waals surface area contributed by atoms with Crippen molar-refractivity contribution in [1.29, 1.82) is 0 Å². The van der Waals surface area contributed by atoms with Gasteiger partial charge in [0.25, 0.3) is 0 Å². The van der Waals surface area contributed by atoms with Crippen LogP contribution in [0.5, 0.6) is 0 Å². The Bertz CT molecular complexity index is 56.3. The van der Waals surface area contributed by atoms with Crippen molar-refractivity contribution in [1.82, 2.24) is 0 Å². The predicted molar refractivity (Wildman–Crippen MR) is 43.8 cm³/mol. The third-order valence-electron chi connectivity index (χ3n) is 0.158. The van der Waals surface area contributed by atoms with Crippen LogP contribution in [0.3, 0.4) is 0 Å². The number of rotatable bonds is 0. The Morgan fingerprint density at radius 1 is 1.17 bits per heavy atom. The second-order valence-corrected chi connectivity index (χ2v) is 2.06. The molecular weight excluding hydrogens is 242 g/mol. The average Bonchev–Trinajstić information content (AvgIpc) is 2.19. The van der Waals surface area contributed by atoms with E-state index in [2.05, 4.69) is 9.35 Å². The largest absolute Gasteiger partial charge is 2.00 e. The summed E-state index contributed by atoms with van der Waals surface area (Å²) >= 11 is 0. The molecule has 0 atom stereocenters. The smallest absolute Gasteiger partial charge is 0.786 e. The summed E-state index contributed by atoms with van der Waals surface area (Å²) in [6.07, 6.45) is 0. The van der Waals surface area contributed by atoms with Crippen LogP contribution >= 0.6 is 17.2 Å². The fourth-order valence-corrected chi connectivity index (χ4v) is 0.168. The second-order valence-electron chi connectivity index (χ2n) is 0.685. The number of hydrogen-bond donors (Lipinski definition) is 3. The minimum Gasteiger partial charge on any atom is -0.786 e. The summed E-state index contributed by atoms with van der Waals surface area (Å²) in [5.74, 6) is 0. The molecule has 0 unspecified atom stereocenters. The van der Waals surface area contributed by atoms with Crippen molar-refractivity contribution in [3.05, 3.63) is 0 Å². The fourth-order valence-electron chi connectivity index (χ4n) is 0.0186. The summed E-state index contributed by atoms with van der Waals surface area (Å²) < 4.78 is 7.73. The minimum absolute atomic E-state index is 0. The first-order valence-corrected chi connectivity index (χ1v) is 3.81. The molecule has 1 heterocycles. The van der Waals surface area contributed by atoms with Gasteiger partial charge < -0.3 is 25.6 Å². The zero-order valence-electron chi connectivity index (χ0n) is 5.22. The molecule has 11 heteroatoms. The predicted octanol–water partition coefficient (Wildman–Crippen LogP) is -2.94. The van der Waals surface area contributed by atoms with Crippen molar-refractivity contribution < 1.29 is 39.9 Å². The van der Waals surface area contributed by atoms with E-state index in [9.17, 15) is 0 Å². The maximum absolute atomic E-state index is 8.70. The van der Waals surface area contributed by atoms with Crippen LogP contribution < -0.4 is 4.89 Å². The first-order chi connectivity index (χ1) is 3.63. The van der Waals surface area contributed by atoms with E-state index in [0.717, 1.165) is 0 Å². The van der Waals surface area contributed by atoms with E-state index in [4.69, 9.17) is 19.6 Å². The zero-order valence-corrected chi connectivity index (χ0v) is 9.32. The number of hydrogen-bond acceptors (Lipinski definition) is 6. The van der Waals surface area contributed by atoms with Crippen LogP contribution in [0.25, 0.3) is 0 Å². The summed E-state index contributed by atoms with van der Waals surface area (Å²) in [7, 11) is -4.50. The molecule has 0 amide bonds. The molecule has 1 saturated heterocycles. The van der Waals surface area contributed by atoms with Crippen molar-refractivity contribution in [3.8, 4) is 0 Å². The van der Waals surface area contributed by atoms with E-state index in [1.807, 2.05) is 0 Å². The molecular formula is CH12CaO8P2+2. The van der Waals surface area contributed by atoms with Gasteiger partial charge >= 0.3 is 46.3 Å². The summed E-state index contributed by atoms with van der Waals surface area (Å²) in [5.41, 5.74) is 0. The van der Waals surface area contributed by atoms with Gasteiger partial charge in [0.1, 0.15) is 0 Å². The normalized spacial score (nSPS) is 11.8. The fraction of sp³-hybridized carbons (Fsp3) is 1.00. The molecule has 0 bridgehead atoms. The molecule has 0 aromatic carbocycles. The van der Waals surface area contributed by atoms with Gasteiger partial charge in [-0.25, -0.2) is 0 Å². The van der Waals surface area contributed by atoms with E-state index >= 15 is 0 Å². The maximum atomic E-state index is 8.70. The average molecular weight is 254 g/mol. The van der Waals surface area contributed by atoms with Crippen molar-refractivity contribution in [2.45, 2.75) is 7.43 Å².